The van der Waals surface area contributed by atoms with Crippen molar-refractivity contribution in [1.29, 1.82) is 0 Å². The Morgan fingerprint density at radius 2 is 1.76 bits per heavy atom. The second kappa shape index (κ2) is 5.88. The Balaban J connectivity index is 2.64. The summed E-state index contributed by atoms with van der Waals surface area (Å²) in [6.07, 6.45) is 2.30. The highest BCUT2D eigenvalue weighted by atomic mass is 16.2. The van der Waals surface area contributed by atoms with Crippen LogP contribution in [0.15, 0.2) is 24.3 Å². The molecule has 1 heterocycles. The number of carbonyl (C=O) groups is 2. The molecule has 0 fully saturated rings. The summed E-state index contributed by atoms with van der Waals surface area (Å²) >= 11 is 0. The van der Waals surface area contributed by atoms with Gasteiger partial charge in [0, 0.05) is 6.04 Å². The minimum absolute atomic E-state index is 0.0167. The third kappa shape index (κ3) is 2.55. The van der Waals surface area contributed by atoms with Gasteiger partial charge in [-0.05, 0) is 38.3 Å². The van der Waals surface area contributed by atoms with E-state index in [1.807, 2.05) is 36.9 Å². The van der Waals surface area contributed by atoms with Gasteiger partial charge in [-0.25, -0.2) is 0 Å². The van der Waals surface area contributed by atoms with Crippen LogP contribution in [0.4, 0.5) is 5.69 Å². The molecule has 1 aliphatic heterocycles. The van der Waals surface area contributed by atoms with E-state index < -0.39 is 5.54 Å². The minimum atomic E-state index is -0.849. The van der Waals surface area contributed by atoms with E-state index >= 15 is 0 Å². The van der Waals surface area contributed by atoms with E-state index in [2.05, 4.69) is 19.2 Å². The molecule has 0 radical (unpaired) electrons. The van der Waals surface area contributed by atoms with Gasteiger partial charge in [0.2, 0.25) is 0 Å². The fraction of sp³-hybridized carbons (Fsp3) is 0.529. The van der Waals surface area contributed by atoms with Gasteiger partial charge in [0.05, 0.1) is 11.3 Å². The zero-order valence-electron chi connectivity index (χ0n) is 13.3. The Morgan fingerprint density at radius 1 is 1.14 bits per heavy atom. The molecule has 4 heteroatoms. The number of carbonyl (C=O) groups excluding carboxylic acids is 2. The number of nitrogens with zero attached hydrogens (tertiary/aromatic N) is 1. The van der Waals surface area contributed by atoms with Crippen LogP contribution in [0, 0.1) is 0 Å². The van der Waals surface area contributed by atoms with E-state index in [-0.39, 0.29) is 17.9 Å². The Bertz CT molecular complexity index is 551. The van der Waals surface area contributed by atoms with E-state index in [9.17, 15) is 9.59 Å². The Hall–Kier alpha value is -1.84. The number of hydrogen-bond donors (Lipinski definition) is 1. The first-order valence-corrected chi connectivity index (χ1v) is 7.73. The molecule has 1 aromatic carbocycles. The van der Waals surface area contributed by atoms with Crippen molar-refractivity contribution in [2.24, 2.45) is 0 Å². The molecule has 4 nitrogen and oxygen atoms in total. The first kappa shape index (κ1) is 15.5. The summed E-state index contributed by atoms with van der Waals surface area (Å²) in [5.74, 6) is -0.186. The van der Waals surface area contributed by atoms with Crippen molar-refractivity contribution in [3.63, 3.8) is 0 Å². The molecule has 1 unspecified atom stereocenters. The average Bonchev–Trinajstić information content (AvgIpc) is 2.58. The van der Waals surface area contributed by atoms with E-state index in [0.717, 1.165) is 18.5 Å². The predicted molar refractivity (Wildman–Crippen MR) is 84.5 cm³/mol. The smallest absolute Gasteiger partial charge is 0.254 e. The predicted octanol–water partition coefficient (Wildman–Crippen LogP) is 3.12. The molecule has 0 saturated heterocycles. The van der Waals surface area contributed by atoms with Crippen molar-refractivity contribution in [1.82, 2.24) is 5.32 Å². The van der Waals surface area contributed by atoms with Gasteiger partial charge in [-0.1, -0.05) is 32.9 Å². The fourth-order valence-electron chi connectivity index (χ4n) is 2.88. The molecule has 1 atom stereocenters. The summed E-state index contributed by atoms with van der Waals surface area (Å²) in [6.45, 7) is 7.90. The second-order valence-corrected chi connectivity index (χ2v) is 5.80. The number of anilines is 1. The van der Waals surface area contributed by atoms with Crippen LogP contribution in [-0.2, 0) is 4.79 Å². The highest BCUT2D eigenvalue weighted by Crippen LogP contribution is 2.31. The van der Waals surface area contributed by atoms with Crippen molar-refractivity contribution in [2.45, 2.75) is 58.5 Å². The normalized spacial score (nSPS) is 22.0. The molecule has 0 bridgehead atoms. The van der Waals surface area contributed by atoms with Gasteiger partial charge in [-0.3, -0.25) is 9.59 Å². The van der Waals surface area contributed by atoms with Crippen LogP contribution in [0.25, 0.3) is 0 Å². The van der Waals surface area contributed by atoms with Crippen LogP contribution in [0.3, 0.4) is 0 Å². The van der Waals surface area contributed by atoms with E-state index in [4.69, 9.17) is 0 Å². The van der Waals surface area contributed by atoms with Crippen LogP contribution in [0.2, 0.25) is 0 Å². The molecule has 21 heavy (non-hydrogen) atoms. The summed E-state index contributed by atoms with van der Waals surface area (Å²) in [7, 11) is 0. The molecule has 0 saturated carbocycles. The van der Waals surface area contributed by atoms with Gasteiger partial charge in [0.15, 0.2) is 0 Å². The molecule has 2 amide bonds. The number of fused-ring (bicyclic) bond motifs is 1. The Kier molecular flexibility index (Phi) is 4.35. The third-order valence-electron chi connectivity index (χ3n) is 4.50. The van der Waals surface area contributed by atoms with Gasteiger partial charge in [0.25, 0.3) is 11.8 Å². The van der Waals surface area contributed by atoms with Gasteiger partial charge in [0.1, 0.15) is 5.54 Å². The molecule has 1 N–H and O–H groups in total. The van der Waals surface area contributed by atoms with E-state index in [1.165, 1.54) is 0 Å². The number of rotatable bonds is 4. The zero-order valence-corrected chi connectivity index (χ0v) is 13.3. The fourth-order valence-corrected chi connectivity index (χ4v) is 2.88. The molecule has 0 spiro atoms. The van der Waals surface area contributed by atoms with Gasteiger partial charge in [-0.2, -0.15) is 0 Å². The zero-order chi connectivity index (χ0) is 15.6. The second-order valence-electron chi connectivity index (χ2n) is 5.80. The summed E-state index contributed by atoms with van der Waals surface area (Å²) in [5, 5.41) is 2.91. The topological polar surface area (TPSA) is 49.4 Å². The highest BCUT2D eigenvalue weighted by molar-refractivity contribution is 6.12. The summed E-state index contributed by atoms with van der Waals surface area (Å²) in [4.78, 5) is 27.4. The monoisotopic (exact) mass is 288 g/mol. The first-order valence-electron chi connectivity index (χ1n) is 7.73. The lowest BCUT2D eigenvalue weighted by Gasteiger charge is -2.36. The SMILES string of the molecule is CCC(CC)N1C(=O)C(C)(CC)NC(=O)c2ccccc21. The summed E-state index contributed by atoms with van der Waals surface area (Å²) in [6, 6.07) is 7.48. The quantitative estimate of drug-likeness (QED) is 0.925. The maximum atomic E-state index is 13.1. The van der Waals surface area contributed by atoms with E-state index in [1.54, 1.807) is 6.07 Å². The molecule has 0 aromatic heterocycles. The van der Waals surface area contributed by atoms with Crippen LogP contribution in [0.1, 0.15) is 57.3 Å². The Morgan fingerprint density at radius 3 is 2.33 bits per heavy atom. The van der Waals surface area contributed by atoms with Crippen molar-refractivity contribution < 1.29 is 9.59 Å². The summed E-state index contributed by atoms with van der Waals surface area (Å²) < 4.78 is 0. The van der Waals surface area contributed by atoms with Crippen molar-refractivity contribution in [3.05, 3.63) is 29.8 Å². The number of para-hydroxylation sites is 1. The lowest BCUT2D eigenvalue weighted by Crippen LogP contribution is -2.57. The standard InChI is InChI=1S/C17H24N2O2/c1-5-12(6-2)19-14-11-9-8-10-13(14)15(20)18-17(4,7-3)16(19)21/h8-12H,5-7H2,1-4H3,(H,18,20). The number of nitrogens with one attached hydrogen (secondary N) is 1. The van der Waals surface area contributed by atoms with Gasteiger partial charge < -0.3 is 10.2 Å². The minimum Gasteiger partial charge on any atom is -0.338 e. The molecule has 2 rings (SSSR count). The lowest BCUT2D eigenvalue weighted by atomic mass is 9.95. The van der Waals surface area contributed by atoms with Crippen molar-refractivity contribution in [3.8, 4) is 0 Å². The first-order chi connectivity index (χ1) is 9.98. The van der Waals surface area contributed by atoms with Crippen LogP contribution in [0.5, 0.6) is 0 Å². The largest absolute Gasteiger partial charge is 0.338 e. The lowest BCUT2D eigenvalue weighted by molar-refractivity contribution is -0.124. The molecular formula is C17H24N2O2. The van der Waals surface area contributed by atoms with Crippen molar-refractivity contribution >= 4 is 17.5 Å². The number of amides is 2. The third-order valence-corrected chi connectivity index (χ3v) is 4.50. The number of hydrogen-bond acceptors (Lipinski definition) is 2. The molecule has 0 aliphatic carbocycles. The van der Waals surface area contributed by atoms with Gasteiger partial charge in [-0.15, -0.1) is 0 Å². The van der Waals surface area contributed by atoms with Crippen LogP contribution in [-0.4, -0.2) is 23.4 Å². The van der Waals surface area contributed by atoms with Crippen LogP contribution < -0.4 is 10.2 Å². The van der Waals surface area contributed by atoms with Gasteiger partial charge >= 0.3 is 0 Å². The molecule has 1 aliphatic rings. The van der Waals surface area contributed by atoms with Crippen molar-refractivity contribution in [2.75, 3.05) is 4.90 Å². The van der Waals surface area contributed by atoms with Crippen LogP contribution >= 0.6 is 0 Å². The summed E-state index contributed by atoms with van der Waals surface area (Å²) in [5.41, 5.74) is 0.458. The average molecular weight is 288 g/mol. The maximum Gasteiger partial charge on any atom is 0.254 e. The Labute approximate surface area is 126 Å². The molecule has 1 aromatic rings. The van der Waals surface area contributed by atoms with E-state index in [0.29, 0.717) is 12.0 Å². The maximum absolute atomic E-state index is 13.1. The molecule has 114 valence electrons. The number of benzene rings is 1. The highest BCUT2D eigenvalue weighted by Gasteiger charge is 2.43. The molecular weight excluding hydrogens is 264 g/mol.